The van der Waals surface area contributed by atoms with E-state index in [9.17, 15) is 4.79 Å². The van der Waals surface area contributed by atoms with Crippen molar-refractivity contribution in [2.45, 2.75) is 12.5 Å². The average molecular weight is 302 g/mol. The van der Waals surface area contributed by atoms with E-state index < -0.39 is 0 Å². The summed E-state index contributed by atoms with van der Waals surface area (Å²) in [6.45, 7) is 0.399. The number of halogens is 1. The maximum atomic E-state index is 12.4. The van der Waals surface area contributed by atoms with Crippen LogP contribution in [0.4, 0.5) is 0 Å². The Bertz CT molecular complexity index is 411. The monoisotopic (exact) mass is 301 g/mol. The molecule has 20 heavy (non-hydrogen) atoms. The van der Waals surface area contributed by atoms with Gasteiger partial charge in [0, 0.05) is 13.0 Å². The van der Waals surface area contributed by atoms with Gasteiger partial charge in [0.25, 0.3) is 5.91 Å². The molecule has 0 radical (unpaired) electrons. The molecule has 0 aliphatic heterocycles. The number of hydrogen-bond donors (Lipinski definition) is 1. The van der Waals surface area contributed by atoms with Gasteiger partial charge in [0.1, 0.15) is 17.1 Å². The first-order chi connectivity index (χ1) is 9.67. The van der Waals surface area contributed by atoms with Crippen molar-refractivity contribution in [2.75, 3.05) is 33.8 Å². The van der Waals surface area contributed by atoms with Crippen LogP contribution in [0.5, 0.6) is 11.5 Å². The summed E-state index contributed by atoms with van der Waals surface area (Å²) in [5.41, 5.74) is 0.369. The van der Waals surface area contributed by atoms with Crippen LogP contribution in [0.2, 0.25) is 0 Å². The quantitative estimate of drug-likeness (QED) is 0.747. The van der Waals surface area contributed by atoms with E-state index in [4.69, 9.17) is 25.8 Å². The van der Waals surface area contributed by atoms with Crippen molar-refractivity contribution in [3.05, 3.63) is 23.8 Å². The summed E-state index contributed by atoms with van der Waals surface area (Å²) in [6, 6.07) is 5.04. The van der Waals surface area contributed by atoms with Crippen LogP contribution in [0.3, 0.4) is 0 Å². The minimum atomic E-state index is -0.272. The second kappa shape index (κ2) is 8.66. The first-order valence-corrected chi connectivity index (χ1v) is 6.78. The van der Waals surface area contributed by atoms with Crippen LogP contribution in [0.1, 0.15) is 16.8 Å². The van der Waals surface area contributed by atoms with Gasteiger partial charge in [-0.3, -0.25) is 4.79 Å². The Morgan fingerprint density at radius 1 is 1.25 bits per heavy atom. The van der Waals surface area contributed by atoms with Crippen molar-refractivity contribution in [1.82, 2.24) is 5.32 Å². The van der Waals surface area contributed by atoms with Crippen molar-refractivity contribution in [2.24, 2.45) is 0 Å². The van der Waals surface area contributed by atoms with Crippen LogP contribution >= 0.6 is 11.6 Å². The van der Waals surface area contributed by atoms with Gasteiger partial charge in [0.15, 0.2) is 0 Å². The Balaban J connectivity index is 2.95. The second-order valence-electron chi connectivity index (χ2n) is 4.14. The zero-order valence-electron chi connectivity index (χ0n) is 11.9. The third-order valence-corrected chi connectivity index (χ3v) is 3.03. The standard InChI is InChI=1S/C14H20ClNO4/c1-18-9-10(7-8-15)16-14(17)13-11(19-2)5-4-6-12(13)20-3/h4-6,10H,7-9H2,1-3H3,(H,16,17). The van der Waals surface area contributed by atoms with Gasteiger partial charge in [0.05, 0.1) is 26.9 Å². The first-order valence-electron chi connectivity index (χ1n) is 6.24. The third-order valence-electron chi connectivity index (χ3n) is 2.82. The SMILES string of the molecule is COCC(CCCl)NC(=O)c1c(OC)cccc1OC. The summed E-state index contributed by atoms with van der Waals surface area (Å²) in [6.07, 6.45) is 0.624. The van der Waals surface area contributed by atoms with E-state index in [1.54, 1.807) is 25.3 Å². The molecule has 1 aromatic rings. The molecule has 0 saturated heterocycles. The number of hydrogen-bond acceptors (Lipinski definition) is 4. The van der Waals surface area contributed by atoms with Crippen LogP contribution in [-0.4, -0.2) is 45.8 Å². The van der Waals surface area contributed by atoms with E-state index in [-0.39, 0.29) is 11.9 Å². The lowest BCUT2D eigenvalue weighted by Crippen LogP contribution is -2.38. The van der Waals surface area contributed by atoms with Gasteiger partial charge in [-0.25, -0.2) is 0 Å². The fourth-order valence-electron chi connectivity index (χ4n) is 1.86. The fourth-order valence-corrected chi connectivity index (χ4v) is 2.13. The molecule has 6 heteroatoms. The van der Waals surface area contributed by atoms with Gasteiger partial charge in [-0.15, -0.1) is 11.6 Å². The van der Waals surface area contributed by atoms with Crippen molar-refractivity contribution in [3.8, 4) is 11.5 Å². The summed E-state index contributed by atoms with van der Waals surface area (Å²) < 4.78 is 15.5. The Morgan fingerprint density at radius 2 is 1.85 bits per heavy atom. The van der Waals surface area contributed by atoms with Crippen molar-refractivity contribution in [3.63, 3.8) is 0 Å². The van der Waals surface area contributed by atoms with Gasteiger partial charge in [-0.1, -0.05) is 6.07 Å². The lowest BCUT2D eigenvalue weighted by molar-refractivity contribution is 0.0889. The van der Waals surface area contributed by atoms with Crippen molar-refractivity contribution >= 4 is 17.5 Å². The molecule has 1 N–H and O–H groups in total. The Kier molecular flexibility index (Phi) is 7.18. The molecule has 1 amide bonds. The molecular formula is C14H20ClNO4. The number of amides is 1. The van der Waals surface area contributed by atoms with E-state index in [1.165, 1.54) is 14.2 Å². The van der Waals surface area contributed by atoms with Gasteiger partial charge >= 0.3 is 0 Å². The summed E-state index contributed by atoms with van der Waals surface area (Å²) >= 11 is 5.72. The molecule has 0 saturated carbocycles. The highest BCUT2D eigenvalue weighted by Crippen LogP contribution is 2.28. The normalized spacial score (nSPS) is 11.8. The zero-order valence-corrected chi connectivity index (χ0v) is 12.7. The molecule has 0 heterocycles. The molecule has 0 aliphatic carbocycles. The highest BCUT2D eigenvalue weighted by atomic mass is 35.5. The summed E-state index contributed by atoms with van der Waals surface area (Å²) in [5, 5.41) is 2.88. The lowest BCUT2D eigenvalue weighted by Gasteiger charge is -2.19. The van der Waals surface area contributed by atoms with Crippen LogP contribution < -0.4 is 14.8 Å². The summed E-state index contributed by atoms with van der Waals surface area (Å²) in [7, 11) is 4.60. The number of methoxy groups -OCH3 is 3. The van der Waals surface area contributed by atoms with Gasteiger partial charge in [0.2, 0.25) is 0 Å². The van der Waals surface area contributed by atoms with Crippen LogP contribution in [0.15, 0.2) is 18.2 Å². The smallest absolute Gasteiger partial charge is 0.259 e. The van der Waals surface area contributed by atoms with Gasteiger partial charge in [-0.05, 0) is 18.6 Å². The number of rotatable bonds is 8. The van der Waals surface area contributed by atoms with Crippen LogP contribution in [0.25, 0.3) is 0 Å². The third kappa shape index (κ3) is 4.28. The average Bonchev–Trinajstić information content (AvgIpc) is 2.46. The number of nitrogens with one attached hydrogen (secondary N) is 1. The molecule has 1 rings (SSSR count). The van der Waals surface area contributed by atoms with Crippen LogP contribution in [0, 0.1) is 0 Å². The number of carbonyl (C=O) groups is 1. The molecule has 0 spiro atoms. The highest BCUT2D eigenvalue weighted by Gasteiger charge is 2.20. The molecule has 1 atom stereocenters. The molecule has 1 unspecified atom stereocenters. The fraction of sp³-hybridized carbons (Fsp3) is 0.500. The number of alkyl halides is 1. The van der Waals surface area contributed by atoms with E-state index in [0.717, 1.165) is 0 Å². The van der Waals surface area contributed by atoms with Crippen molar-refractivity contribution < 1.29 is 19.0 Å². The van der Waals surface area contributed by atoms with Crippen molar-refractivity contribution in [1.29, 1.82) is 0 Å². The largest absolute Gasteiger partial charge is 0.496 e. The highest BCUT2D eigenvalue weighted by molar-refractivity contribution is 6.17. The minimum absolute atomic E-state index is 0.153. The predicted octanol–water partition coefficient (Wildman–Crippen LogP) is 2.08. The number of ether oxygens (including phenoxy) is 3. The van der Waals surface area contributed by atoms with Gasteiger partial charge in [-0.2, -0.15) is 0 Å². The molecule has 1 aromatic carbocycles. The first kappa shape index (κ1) is 16.6. The van der Waals surface area contributed by atoms with E-state index in [0.29, 0.717) is 36.0 Å². The molecule has 0 bridgehead atoms. The summed E-state index contributed by atoms with van der Waals surface area (Å²) in [5.74, 6) is 1.09. The van der Waals surface area contributed by atoms with E-state index in [1.807, 2.05) is 0 Å². The Labute approximate surface area is 124 Å². The molecule has 0 fully saturated rings. The topological polar surface area (TPSA) is 56.8 Å². The lowest BCUT2D eigenvalue weighted by atomic mass is 10.1. The Hall–Kier alpha value is -1.46. The van der Waals surface area contributed by atoms with E-state index >= 15 is 0 Å². The molecular weight excluding hydrogens is 282 g/mol. The molecule has 0 aromatic heterocycles. The Morgan fingerprint density at radius 3 is 2.30 bits per heavy atom. The predicted molar refractivity (Wildman–Crippen MR) is 78.0 cm³/mol. The number of carbonyl (C=O) groups excluding carboxylic acids is 1. The molecule has 5 nitrogen and oxygen atoms in total. The van der Waals surface area contributed by atoms with Crippen LogP contribution in [-0.2, 0) is 4.74 Å². The summed E-state index contributed by atoms with van der Waals surface area (Å²) in [4.78, 5) is 12.4. The van der Waals surface area contributed by atoms with Gasteiger partial charge < -0.3 is 19.5 Å². The molecule has 0 aliphatic rings. The maximum Gasteiger partial charge on any atom is 0.259 e. The number of benzene rings is 1. The maximum absolute atomic E-state index is 12.4. The zero-order chi connectivity index (χ0) is 15.0. The second-order valence-corrected chi connectivity index (χ2v) is 4.52. The minimum Gasteiger partial charge on any atom is -0.496 e. The molecule has 112 valence electrons. The van der Waals surface area contributed by atoms with E-state index in [2.05, 4.69) is 5.32 Å².